The number of ether oxygens (including phenoxy) is 1. The number of aryl methyl sites for hydroxylation is 1. The summed E-state index contributed by atoms with van der Waals surface area (Å²) in [5.41, 5.74) is 1.85. The summed E-state index contributed by atoms with van der Waals surface area (Å²) in [6.07, 6.45) is 0. The van der Waals surface area contributed by atoms with Gasteiger partial charge in [-0.3, -0.25) is 0 Å². The van der Waals surface area contributed by atoms with Crippen molar-refractivity contribution in [1.29, 1.82) is 5.26 Å². The van der Waals surface area contributed by atoms with Gasteiger partial charge in [0.25, 0.3) is 0 Å². The van der Waals surface area contributed by atoms with Crippen molar-refractivity contribution >= 4 is 11.8 Å². The molecule has 2 rings (SSSR count). The van der Waals surface area contributed by atoms with Crippen molar-refractivity contribution in [2.24, 2.45) is 0 Å². The van der Waals surface area contributed by atoms with Gasteiger partial charge in [0.1, 0.15) is 11.8 Å². The second kappa shape index (κ2) is 6.86. The van der Waals surface area contributed by atoms with E-state index in [0.717, 1.165) is 5.75 Å². The van der Waals surface area contributed by atoms with E-state index < -0.39 is 0 Å². The van der Waals surface area contributed by atoms with Crippen LogP contribution < -0.4 is 4.74 Å². The molecule has 0 aliphatic carbocycles. The third kappa shape index (κ3) is 4.04. The average Bonchev–Trinajstić information content (AvgIpc) is 2.46. The summed E-state index contributed by atoms with van der Waals surface area (Å²) in [4.78, 5) is 1.24. The lowest BCUT2D eigenvalue weighted by atomic mass is 10.2. The molecular weight excluding hydrogens is 254 g/mol. The van der Waals surface area contributed by atoms with Crippen molar-refractivity contribution in [3.63, 3.8) is 0 Å². The SMILES string of the molecule is Cc1ccc(SCCOc2ccccc2C#N)cc1. The van der Waals surface area contributed by atoms with Gasteiger partial charge in [-0.1, -0.05) is 29.8 Å². The quantitative estimate of drug-likeness (QED) is 0.606. The molecule has 0 N–H and O–H groups in total. The topological polar surface area (TPSA) is 33.0 Å². The van der Waals surface area contributed by atoms with Gasteiger partial charge in [-0.25, -0.2) is 0 Å². The van der Waals surface area contributed by atoms with Crippen molar-refractivity contribution in [3.8, 4) is 11.8 Å². The number of hydrogen-bond acceptors (Lipinski definition) is 3. The molecule has 0 saturated carbocycles. The highest BCUT2D eigenvalue weighted by Gasteiger charge is 2.01. The standard InChI is InChI=1S/C16H15NOS/c1-13-6-8-15(9-7-13)19-11-10-18-16-5-3-2-4-14(16)12-17/h2-9H,10-11H2,1H3. The molecule has 3 heteroatoms. The summed E-state index contributed by atoms with van der Waals surface area (Å²) in [5.74, 6) is 1.53. The highest BCUT2D eigenvalue weighted by atomic mass is 32.2. The monoisotopic (exact) mass is 269 g/mol. The van der Waals surface area contributed by atoms with Crippen LogP contribution in [0.1, 0.15) is 11.1 Å². The summed E-state index contributed by atoms with van der Waals surface area (Å²) in [6.45, 7) is 2.67. The van der Waals surface area contributed by atoms with E-state index in [2.05, 4.69) is 37.3 Å². The van der Waals surface area contributed by atoms with Crippen molar-refractivity contribution in [1.82, 2.24) is 0 Å². The molecule has 0 fully saturated rings. The maximum atomic E-state index is 8.94. The zero-order valence-electron chi connectivity index (χ0n) is 10.8. The predicted molar refractivity (Wildman–Crippen MR) is 78.6 cm³/mol. The smallest absolute Gasteiger partial charge is 0.137 e. The van der Waals surface area contributed by atoms with Gasteiger partial charge in [-0.2, -0.15) is 5.26 Å². The van der Waals surface area contributed by atoms with Crippen LogP contribution in [-0.4, -0.2) is 12.4 Å². The summed E-state index contributed by atoms with van der Waals surface area (Å²) >= 11 is 1.75. The molecule has 96 valence electrons. The third-order valence-corrected chi connectivity index (χ3v) is 3.61. The van der Waals surface area contributed by atoms with Crippen LogP contribution in [0.15, 0.2) is 53.4 Å². The minimum Gasteiger partial charge on any atom is -0.491 e. The molecule has 0 aliphatic rings. The van der Waals surface area contributed by atoms with E-state index in [1.165, 1.54) is 10.5 Å². The molecule has 2 aromatic rings. The molecule has 2 aromatic carbocycles. The first-order valence-corrected chi connectivity index (χ1v) is 7.09. The Morgan fingerprint density at radius 3 is 2.58 bits per heavy atom. The van der Waals surface area contributed by atoms with E-state index in [1.807, 2.05) is 18.2 Å². The van der Waals surface area contributed by atoms with Crippen LogP contribution in [0.3, 0.4) is 0 Å². The molecule has 0 heterocycles. The van der Waals surface area contributed by atoms with Crippen molar-refractivity contribution < 1.29 is 4.74 Å². The lowest BCUT2D eigenvalue weighted by Gasteiger charge is -2.07. The second-order valence-electron chi connectivity index (χ2n) is 4.12. The van der Waals surface area contributed by atoms with E-state index >= 15 is 0 Å². The molecule has 0 bridgehead atoms. The van der Waals surface area contributed by atoms with Crippen LogP contribution in [0.5, 0.6) is 5.75 Å². The maximum absolute atomic E-state index is 8.94. The molecule has 2 nitrogen and oxygen atoms in total. The predicted octanol–water partition coefficient (Wildman–Crippen LogP) is 4.04. The summed E-state index contributed by atoms with van der Waals surface area (Å²) in [5, 5.41) is 8.94. The molecule has 0 atom stereocenters. The Labute approximate surface area is 118 Å². The second-order valence-corrected chi connectivity index (χ2v) is 5.29. The first-order valence-electron chi connectivity index (χ1n) is 6.11. The first kappa shape index (κ1) is 13.5. The number of nitrogens with zero attached hydrogens (tertiary/aromatic N) is 1. The molecular formula is C16H15NOS. The van der Waals surface area contributed by atoms with Gasteiger partial charge < -0.3 is 4.74 Å². The fraction of sp³-hybridized carbons (Fsp3) is 0.188. The van der Waals surface area contributed by atoms with Crippen molar-refractivity contribution in [2.75, 3.05) is 12.4 Å². The minimum absolute atomic E-state index is 0.586. The van der Waals surface area contributed by atoms with Gasteiger partial charge in [0.2, 0.25) is 0 Å². The maximum Gasteiger partial charge on any atom is 0.137 e. The number of para-hydroxylation sites is 1. The number of hydrogen-bond donors (Lipinski definition) is 0. The van der Waals surface area contributed by atoms with Crippen LogP contribution in [0.2, 0.25) is 0 Å². The summed E-state index contributed by atoms with van der Waals surface area (Å²) in [6, 6.07) is 17.9. The van der Waals surface area contributed by atoms with Gasteiger partial charge in [-0.05, 0) is 31.2 Å². The van der Waals surface area contributed by atoms with Crippen LogP contribution in [-0.2, 0) is 0 Å². The average molecular weight is 269 g/mol. The number of nitriles is 1. The lowest BCUT2D eigenvalue weighted by Crippen LogP contribution is -2.01. The van der Waals surface area contributed by atoms with Crippen LogP contribution in [0.25, 0.3) is 0 Å². The Kier molecular flexibility index (Phi) is 4.88. The van der Waals surface area contributed by atoms with E-state index in [1.54, 1.807) is 17.8 Å². The lowest BCUT2D eigenvalue weighted by molar-refractivity contribution is 0.343. The zero-order chi connectivity index (χ0) is 13.5. The van der Waals surface area contributed by atoms with E-state index in [-0.39, 0.29) is 0 Å². The van der Waals surface area contributed by atoms with Crippen LogP contribution in [0.4, 0.5) is 0 Å². The largest absolute Gasteiger partial charge is 0.491 e. The zero-order valence-corrected chi connectivity index (χ0v) is 11.6. The molecule has 0 radical (unpaired) electrons. The Hall–Kier alpha value is -1.92. The first-order chi connectivity index (χ1) is 9.29. The Morgan fingerprint density at radius 1 is 1.11 bits per heavy atom. The van der Waals surface area contributed by atoms with Crippen LogP contribution >= 0.6 is 11.8 Å². The van der Waals surface area contributed by atoms with E-state index in [4.69, 9.17) is 10.00 Å². The summed E-state index contributed by atoms with van der Waals surface area (Å²) < 4.78 is 5.63. The molecule has 0 spiro atoms. The van der Waals surface area contributed by atoms with E-state index in [9.17, 15) is 0 Å². The molecule has 0 saturated heterocycles. The molecule has 19 heavy (non-hydrogen) atoms. The molecule has 0 amide bonds. The minimum atomic E-state index is 0.586. The normalized spacial score (nSPS) is 9.89. The van der Waals surface area contributed by atoms with Gasteiger partial charge in [-0.15, -0.1) is 11.8 Å². The molecule has 0 aromatic heterocycles. The van der Waals surface area contributed by atoms with E-state index in [0.29, 0.717) is 17.9 Å². The molecule has 0 aliphatic heterocycles. The number of benzene rings is 2. The highest BCUT2D eigenvalue weighted by molar-refractivity contribution is 7.99. The number of thioether (sulfide) groups is 1. The Morgan fingerprint density at radius 2 is 1.84 bits per heavy atom. The Balaban J connectivity index is 1.81. The van der Waals surface area contributed by atoms with Gasteiger partial charge >= 0.3 is 0 Å². The van der Waals surface area contributed by atoms with Gasteiger partial charge in [0, 0.05) is 10.6 Å². The fourth-order valence-electron chi connectivity index (χ4n) is 1.63. The summed E-state index contributed by atoms with van der Waals surface area (Å²) in [7, 11) is 0. The van der Waals surface area contributed by atoms with Gasteiger partial charge in [0.15, 0.2) is 0 Å². The number of rotatable bonds is 5. The third-order valence-electron chi connectivity index (χ3n) is 2.64. The van der Waals surface area contributed by atoms with Crippen molar-refractivity contribution in [3.05, 3.63) is 59.7 Å². The molecule has 0 unspecified atom stereocenters. The highest BCUT2D eigenvalue weighted by Crippen LogP contribution is 2.20. The van der Waals surface area contributed by atoms with Crippen LogP contribution in [0, 0.1) is 18.3 Å². The fourth-order valence-corrected chi connectivity index (χ4v) is 2.36. The van der Waals surface area contributed by atoms with Crippen molar-refractivity contribution in [2.45, 2.75) is 11.8 Å². The Bertz CT molecular complexity index is 572. The van der Waals surface area contributed by atoms with Gasteiger partial charge in [0.05, 0.1) is 12.2 Å².